The molecule has 0 spiro atoms. The smallest absolute Gasteiger partial charge is 0.353 e. The molecule has 1 aromatic carbocycles. The molecule has 0 radical (unpaired) electrons. The number of aromatic nitrogens is 2. The molecule has 9 heteroatoms. The fourth-order valence-corrected chi connectivity index (χ4v) is 2.66. The summed E-state index contributed by atoms with van der Waals surface area (Å²) in [6.45, 7) is 3.40. The number of alkyl halides is 3. The van der Waals surface area contributed by atoms with Gasteiger partial charge in [0.25, 0.3) is 5.91 Å². The lowest BCUT2D eigenvalue weighted by molar-refractivity contribution is -0.136. The number of halogens is 3. The second-order valence-electron chi connectivity index (χ2n) is 6.05. The van der Waals surface area contributed by atoms with Gasteiger partial charge in [0.1, 0.15) is 11.5 Å². The summed E-state index contributed by atoms with van der Waals surface area (Å²) < 4.78 is 39.0. The summed E-state index contributed by atoms with van der Waals surface area (Å²) in [6, 6.07) is 4.81. The third-order valence-electron chi connectivity index (χ3n) is 4.18. The second-order valence-corrected chi connectivity index (χ2v) is 6.05. The van der Waals surface area contributed by atoms with Crippen LogP contribution < -0.4 is 10.2 Å². The van der Waals surface area contributed by atoms with Gasteiger partial charge in [-0.25, -0.2) is 9.97 Å². The van der Waals surface area contributed by atoms with Gasteiger partial charge in [0.15, 0.2) is 0 Å². The van der Waals surface area contributed by atoms with Gasteiger partial charge in [0, 0.05) is 26.2 Å². The predicted octanol–water partition coefficient (Wildman–Crippen LogP) is 2.50. The van der Waals surface area contributed by atoms with Crippen molar-refractivity contribution in [1.82, 2.24) is 14.9 Å². The number of carbonyl (C=O) groups excluding carboxylic acids is 1. The number of amides is 1. The van der Waals surface area contributed by atoms with Crippen molar-refractivity contribution in [1.29, 1.82) is 0 Å². The van der Waals surface area contributed by atoms with Gasteiger partial charge < -0.3 is 15.1 Å². The van der Waals surface area contributed by atoms with Crippen LogP contribution in [-0.2, 0) is 6.18 Å². The molecule has 0 atom stereocenters. The Morgan fingerprint density at radius 1 is 1.08 bits per heavy atom. The van der Waals surface area contributed by atoms with Crippen LogP contribution in [-0.4, -0.2) is 54.0 Å². The molecule has 1 aliphatic rings. The van der Waals surface area contributed by atoms with Crippen molar-refractivity contribution in [3.05, 3.63) is 47.9 Å². The van der Waals surface area contributed by atoms with Gasteiger partial charge in [-0.2, -0.15) is 13.2 Å². The summed E-state index contributed by atoms with van der Waals surface area (Å²) in [5, 5.41) is 2.26. The Balaban J connectivity index is 1.71. The first-order valence-corrected chi connectivity index (χ1v) is 8.08. The number of piperazine rings is 1. The Hall–Kier alpha value is -2.68. The van der Waals surface area contributed by atoms with Crippen molar-refractivity contribution < 1.29 is 18.0 Å². The van der Waals surface area contributed by atoms with Crippen LogP contribution in [0.1, 0.15) is 16.1 Å². The molecule has 0 aliphatic carbocycles. The van der Waals surface area contributed by atoms with Gasteiger partial charge >= 0.3 is 6.18 Å². The Morgan fingerprint density at radius 3 is 2.38 bits per heavy atom. The van der Waals surface area contributed by atoms with Crippen LogP contribution in [0.15, 0.2) is 36.7 Å². The van der Waals surface area contributed by atoms with Crippen LogP contribution in [0.4, 0.5) is 24.7 Å². The number of nitrogens with zero attached hydrogens (tertiary/aromatic N) is 4. The molecule has 0 unspecified atom stereocenters. The topological polar surface area (TPSA) is 61.4 Å². The highest BCUT2D eigenvalue weighted by Crippen LogP contribution is 2.34. The number of likely N-dealkylation sites (N-methyl/N-ethyl adjacent to an activating group) is 1. The Kier molecular flexibility index (Phi) is 5.08. The zero-order valence-electron chi connectivity index (χ0n) is 14.1. The highest BCUT2D eigenvalue weighted by Gasteiger charge is 2.33. The molecule has 0 saturated carbocycles. The van der Waals surface area contributed by atoms with Crippen LogP contribution in [0.3, 0.4) is 0 Å². The molecular weight excluding hydrogens is 347 g/mol. The van der Waals surface area contributed by atoms with E-state index in [0.717, 1.165) is 32.2 Å². The summed E-state index contributed by atoms with van der Waals surface area (Å²) in [4.78, 5) is 24.7. The zero-order chi connectivity index (χ0) is 18.7. The lowest BCUT2D eigenvalue weighted by atomic mass is 10.1. The van der Waals surface area contributed by atoms with Crippen molar-refractivity contribution >= 4 is 17.4 Å². The van der Waals surface area contributed by atoms with E-state index in [-0.39, 0.29) is 11.4 Å². The lowest BCUT2D eigenvalue weighted by Crippen LogP contribution is -2.44. The average Bonchev–Trinajstić information content (AvgIpc) is 2.62. The standard InChI is InChI=1S/C17H18F3N5O/c1-24-6-8-25(9-7-24)15-11-21-14(10-22-15)16(26)23-13-5-3-2-4-12(13)17(18,19)20/h2-5,10-11H,6-9H2,1H3,(H,23,26). The van der Waals surface area contributed by atoms with E-state index in [1.54, 1.807) is 0 Å². The SMILES string of the molecule is CN1CCN(c2cnc(C(=O)Nc3ccccc3C(F)(F)F)cn2)CC1. The highest BCUT2D eigenvalue weighted by molar-refractivity contribution is 6.03. The quantitative estimate of drug-likeness (QED) is 0.906. The lowest BCUT2D eigenvalue weighted by Gasteiger charge is -2.32. The minimum absolute atomic E-state index is 0.0418. The van der Waals surface area contributed by atoms with Gasteiger partial charge in [0.05, 0.1) is 23.6 Å². The average molecular weight is 365 g/mol. The van der Waals surface area contributed by atoms with Crippen molar-refractivity contribution in [3.8, 4) is 0 Å². The summed E-state index contributed by atoms with van der Waals surface area (Å²) in [6.07, 6.45) is -1.81. The van der Waals surface area contributed by atoms with E-state index in [4.69, 9.17) is 0 Å². The summed E-state index contributed by atoms with van der Waals surface area (Å²) in [7, 11) is 2.04. The van der Waals surface area contributed by atoms with E-state index in [2.05, 4.69) is 20.2 Å². The Morgan fingerprint density at radius 2 is 1.77 bits per heavy atom. The van der Waals surface area contributed by atoms with Crippen molar-refractivity contribution in [2.45, 2.75) is 6.18 Å². The maximum Gasteiger partial charge on any atom is 0.418 e. The summed E-state index contributed by atoms with van der Waals surface area (Å²) in [5.41, 5.74) is -1.26. The molecule has 1 saturated heterocycles. The molecule has 2 aromatic rings. The highest BCUT2D eigenvalue weighted by atomic mass is 19.4. The molecule has 138 valence electrons. The number of carbonyl (C=O) groups is 1. The van der Waals surface area contributed by atoms with Gasteiger partial charge in [-0.3, -0.25) is 4.79 Å². The molecule has 1 N–H and O–H groups in total. The number of benzene rings is 1. The summed E-state index contributed by atoms with van der Waals surface area (Å²) in [5.74, 6) is -0.0931. The summed E-state index contributed by atoms with van der Waals surface area (Å²) >= 11 is 0. The molecule has 6 nitrogen and oxygen atoms in total. The third-order valence-corrected chi connectivity index (χ3v) is 4.18. The largest absolute Gasteiger partial charge is 0.418 e. The normalized spacial score (nSPS) is 15.8. The molecule has 0 bridgehead atoms. The van der Waals surface area contributed by atoms with E-state index >= 15 is 0 Å². The fraction of sp³-hybridized carbons (Fsp3) is 0.353. The van der Waals surface area contributed by atoms with Crippen LogP contribution in [0.2, 0.25) is 0 Å². The molecule has 1 aliphatic heterocycles. The number of hydrogen-bond acceptors (Lipinski definition) is 5. The number of rotatable bonds is 3. The van der Waals surface area contributed by atoms with Crippen molar-refractivity contribution in [2.24, 2.45) is 0 Å². The molecule has 26 heavy (non-hydrogen) atoms. The molecular formula is C17H18F3N5O. The van der Waals surface area contributed by atoms with Gasteiger partial charge in [-0.05, 0) is 19.2 Å². The Labute approximate surface area is 148 Å². The van der Waals surface area contributed by atoms with Gasteiger partial charge in [-0.15, -0.1) is 0 Å². The van der Waals surface area contributed by atoms with E-state index in [0.29, 0.717) is 5.82 Å². The minimum Gasteiger partial charge on any atom is -0.353 e. The van der Waals surface area contributed by atoms with Crippen molar-refractivity contribution in [3.63, 3.8) is 0 Å². The molecule has 2 heterocycles. The van der Waals surface area contributed by atoms with Crippen LogP contribution in [0, 0.1) is 0 Å². The number of anilines is 2. The van der Waals surface area contributed by atoms with E-state index in [1.165, 1.54) is 30.6 Å². The molecule has 3 rings (SSSR count). The first-order chi connectivity index (χ1) is 12.3. The van der Waals surface area contributed by atoms with Gasteiger partial charge in [0.2, 0.25) is 0 Å². The molecule has 1 aromatic heterocycles. The Bertz CT molecular complexity index is 771. The number of nitrogens with one attached hydrogen (secondary N) is 1. The zero-order valence-corrected chi connectivity index (χ0v) is 14.1. The maximum absolute atomic E-state index is 13.0. The third kappa shape index (κ3) is 4.10. The van der Waals surface area contributed by atoms with Crippen LogP contribution in [0.5, 0.6) is 0 Å². The van der Waals surface area contributed by atoms with Crippen LogP contribution >= 0.6 is 0 Å². The number of hydrogen-bond donors (Lipinski definition) is 1. The first kappa shape index (κ1) is 18.1. The monoisotopic (exact) mass is 365 g/mol. The van der Waals surface area contributed by atoms with Crippen molar-refractivity contribution in [2.75, 3.05) is 43.4 Å². The van der Waals surface area contributed by atoms with Gasteiger partial charge in [-0.1, -0.05) is 12.1 Å². The first-order valence-electron chi connectivity index (χ1n) is 8.08. The second kappa shape index (κ2) is 7.28. The predicted molar refractivity (Wildman–Crippen MR) is 91.1 cm³/mol. The van der Waals surface area contributed by atoms with E-state index in [9.17, 15) is 18.0 Å². The molecule has 1 amide bonds. The maximum atomic E-state index is 13.0. The number of para-hydroxylation sites is 1. The van der Waals surface area contributed by atoms with E-state index in [1.807, 2.05) is 11.9 Å². The minimum atomic E-state index is -4.55. The molecule has 1 fully saturated rings. The van der Waals surface area contributed by atoms with Crippen LogP contribution in [0.25, 0.3) is 0 Å². The fourth-order valence-electron chi connectivity index (χ4n) is 2.66. The van der Waals surface area contributed by atoms with E-state index < -0.39 is 17.6 Å².